The fourth-order valence-electron chi connectivity index (χ4n) is 2.98. The van der Waals surface area contributed by atoms with Crippen LogP contribution in [0.25, 0.3) is 0 Å². The second kappa shape index (κ2) is 9.12. The molecule has 2 N–H and O–H groups in total. The Kier molecular flexibility index (Phi) is 6.82. The highest BCUT2D eigenvalue weighted by molar-refractivity contribution is 7.91. The van der Waals surface area contributed by atoms with Crippen LogP contribution in [-0.2, 0) is 28.7 Å². The van der Waals surface area contributed by atoms with E-state index in [9.17, 15) is 39.9 Å². The topological polar surface area (TPSA) is 79.3 Å². The van der Waals surface area contributed by atoms with Crippen molar-refractivity contribution in [3.8, 4) is 0 Å². The van der Waals surface area contributed by atoms with E-state index in [-0.39, 0.29) is 22.6 Å². The molecule has 3 aromatic rings. The molecule has 1 atom stereocenters. The molecule has 0 bridgehead atoms. The number of sulfone groups is 1. The predicted octanol–water partition coefficient (Wildman–Crippen LogP) is 4.73. The first-order valence-electron chi connectivity index (χ1n) is 9.25. The third-order valence-corrected chi connectivity index (χ3v) is 6.46. The van der Waals surface area contributed by atoms with Crippen molar-refractivity contribution in [3.05, 3.63) is 89.2 Å². The van der Waals surface area contributed by atoms with Crippen LogP contribution in [0.1, 0.15) is 28.6 Å². The van der Waals surface area contributed by atoms with Crippen molar-refractivity contribution in [2.45, 2.75) is 34.9 Å². The molecule has 0 aliphatic heterocycles. The molecule has 0 aliphatic rings. The van der Waals surface area contributed by atoms with Gasteiger partial charge in [0.2, 0.25) is 9.84 Å². The van der Waals surface area contributed by atoms with Gasteiger partial charge in [0.25, 0.3) is 0 Å². The lowest BCUT2D eigenvalue weighted by Gasteiger charge is -2.17. The molecule has 0 saturated carbocycles. The summed E-state index contributed by atoms with van der Waals surface area (Å²) in [6, 6.07) is 10.5. The van der Waals surface area contributed by atoms with E-state index >= 15 is 0 Å². The van der Waals surface area contributed by atoms with Crippen molar-refractivity contribution in [2.24, 2.45) is 0 Å². The minimum atomic E-state index is -4.74. The third-order valence-electron chi connectivity index (χ3n) is 4.61. The lowest BCUT2D eigenvalue weighted by atomic mass is 10.1. The SMILES string of the molecule is O=S(=O)(c1cccc(C(F)(F)F)c1)c1ccccc1CNC(O)c1ccnc(C(F)(F)F)c1. The van der Waals surface area contributed by atoms with Gasteiger partial charge in [-0.3, -0.25) is 10.3 Å². The quantitative estimate of drug-likeness (QED) is 0.386. The van der Waals surface area contributed by atoms with E-state index in [0.717, 1.165) is 30.5 Å². The van der Waals surface area contributed by atoms with E-state index in [0.29, 0.717) is 12.1 Å². The van der Waals surface area contributed by atoms with Gasteiger partial charge in [-0.25, -0.2) is 8.42 Å². The van der Waals surface area contributed by atoms with Crippen LogP contribution < -0.4 is 5.32 Å². The van der Waals surface area contributed by atoms with Gasteiger partial charge >= 0.3 is 12.4 Å². The number of nitrogens with one attached hydrogen (secondary N) is 1. The molecule has 33 heavy (non-hydrogen) atoms. The van der Waals surface area contributed by atoms with E-state index in [1.54, 1.807) is 0 Å². The number of hydrogen-bond donors (Lipinski definition) is 2. The Morgan fingerprint density at radius 3 is 2.27 bits per heavy atom. The van der Waals surface area contributed by atoms with E-state index in [4.69, 9.17) is 0 Å². The first-order chi connectivity index (χ1) is 15.3. The van der Waals surface area contributed by atoms with Crippen LogP contribution in [-0.4, -0.2) is 18.5 Å². The van der Waals surface area contributed by atoms with Gasteiger partial charge in [-0.05, 0) is 47.5 Å². The van der Waals surface area contributed by atoms with Crippen molar-refractivity contribution in [2.75, 3.05) is 0 Å². The van der Waals surface area contributed by atoms with Gasteiger partial charge in [-0.1, -0.05) is 24.3 Å². The Hall–Kier alpha value is -2.96. The van der Waals surface area contributed by atoms with Gasteiger partial charge in [-0.15, -0.1) is 0 Å². The number of halogens is 6. The summed E-state index contributed by atoms with van der Waals surface area (Å²) in [6.45, 7) is -0.306. The summed E-state index contributed by atoms with van der Waals surface area (Å²) < 4.78 is 104. The predicted molar refractivity (Wildman–Crippen MR) is 104 cm³/mol. The molecular weight excluding hydrogens is 474 g/mol. The summed E-state index contributed by atoms with van der Waals surface area (Å²) in [7, 11) is -4.37. The van der Waals surface area contributed by atoms with Crippen LogP contribution >= 0.6 is 0 Å². The van der Waals surface area contributed by atoms with Gasteiger partial charge in [0.05, 0.1) is 15.4 Å². The number of rotatable bonds is 6. The summed E-state index contributed by atoms with van der Waals surface area (Å²) in [5.74, 6) is 0. The summed E-state index contributed by atoms with van der Waals surface area (Å²) >= 11 is 0. The lowest BCUT2D eigenvalue weighted by molar-refractivity contribution is -0.141. The normalized spacial score (nSPS) is 13.7. The van der Waals surface area contributed by atoms with Crippen molar-refractivity contribution in [1.82, 2.24) is 10.3 Å². The van der Waals surface area contributed by atoms with E-state index in [2.05, 4.69) is 10.3 Å². The monoisotopic (exact) mass is 490 g/mol. The van der Waals surface area contributed by atoms with Gasteiger partial charge in [0, 0.05) is 12.7 Å². The Morgan fingerprint density at radius 1 is 0.909 bits per heavy atom. The molecule has 0 spiro atoms. The molecule has 1 heterocycles. The van der Waals surface area contributed by atoms with E-state index < -0.39 is 44.6 Å². The molecule has 2 aromatic carbocycles. The number of hydrogen-bond acceptors (Lipinski definition) is 5. The zero-order valence-corrected chi connectivity index (χ0v) is 17.3. The van der Waals surface area contributed by atoms with E-state index in [1.165, 1.54) is 24.3 Å². The van der Waals surface area contributed by atoms with Crippen molar-refractivity contribution in [1.29, 1.82) is 0 Å². The summed E-state index contributed by atoms with van der Waals surface area (Å²) in [6.07, 6.45) is -10.2. The minimum absolute atomic E-state index is 0.0964. The number of pyridine rings is 1. The number of benzene rings is 2. The van der Waals surface area contributed by atoms with Crippen LogP contribution in [0, 0.1) is 0 Å². The smallest absolute Gasteiger partial charge is 0.374 e. The van der Waals surface area contributed by atoms with Crippen LogP contribution in [0.2, 0.25) is 0 Å². The maximum Gasteiger partial charge on any atom is 0.433 e. The number of aliphatic hydroxyl groups excluding tert-OH is 1. The highest BCUT2D eigenvalue weighted by Gasteiger charge is 2.33. The zero-order chi connectivity index (χ0) is 24.4. The minimum Gasteiger partial charge on any atom is -0.374 e. The molecule has 5 nitrogen and oxygen atoms in total. The highest BCUT2D eigenvalue weighted by atomic mass is 32.2. The molecule has 0 aliphatic carbocycles. The number of nitrogens with zero attached hydrogens (tertiary/aromatic N) is 1. The number of alkyl halides is 6. The molecular formula is C21H16F6N2O3S. The van der Waals surface area contributed by atoms with Crippen LogP contribution in [0.3, 0.4) is 0 Å². The maximum absolute atomic E-state index is 13.0. The fourth-order valence-corrected chi connectivity index (χ4v) is 4.51. The maximum atomic E-state index is 13.0. The molecule has 0 radical (unpaired) electrons. The second-order valence-corrected chi connectivity index (χ2v) is 8.81. The zero-order valence-electron chi connectivity index (χ0n) is 16.5. The van der Waals surface area contributed by atoms with Gasteiger partial charge in [0.15, 0.2) is 0 Å². The summed E-state index contributed by atoms with van der Waals surface area (Å²) in [5, 5.41) is 12.7. The molecule has 0 fully saturated rings. The van der Waals surface area contributed by atoms with E-state index in [1.807, 2.05) is 0 Å². The Labute approximate surface area is 184 Å². The molecule has 12 heteroatoms. The standard InChI is InChI=1S/C21H16F6N2O3S/c22-20(23,24)15-5-3-6-16(11-15)33(31,32)17-7-2-1-4-14(17)12-29-19(30)13-8-9-28-18(10-13)21(25,26)27/h1-11,19,29-30H,12H2. The van der Waals surface area contributed by atoms with Crippen molar-refractivity contribution >= 4 is 9.84 Å². The Morgan fingerprint density at radius 2 is 1.61 bits per heavy atom. The van der Waals surface area contributed by atoms with Crippen molar-refractivity contribution < 1.29 is 39.9 Å². The number of aliphatic hydroxyl groups is 1. The van der Waals surface area contributed by atoms with Crippen molar-refractivity contribution in [3.63, 3.8) is 0 Å². The molecule has 0 saturated heterocycles. The van der Waals surface area contributed by atoms with Gasteiger partial charge in [-0.2, -0.15) is 26.3 Å². The fraction of sp³-hybridized carbons (Fsp3) is 0.190. The number of aromatic nitrogens is 1. The molecule has 3 rings (SSSR count). The average Bonchev–Trinajstić information content (AvgIpc) is 2.76. The molecule has 1 aromatic heterocycles. The average molecular weight is 490 g/mol. The molecule has 0 amide bonds. The third kappa shape index (κ3) is 5.70. The first kappa shape index (κ1) is 24.7. The van der Waals surface area contributed by atoms with Crippen LogP contribution in [0.5, 0.6) is 0 Å². The van der Waals surface area contributed by atoms with Gasteiger partial charge < -0.3 is 5.11 Å². The largest absolute Gasteiger partial charge is 0.433 e. The highest BCUT2D eigenvalue weighted by Crippen LogP contribution is 2.33. The van der Waals surface area contributed by atoms with Crippen LogP contribution in [0.4, 0.5) is 26.3 Å². The Bertz CT molecular complexity index is 1240. The molecule has 1 unspecified atom stereocenters. The Balaban J connectivity index is 1.87. The second-order valence-electron chi connectivity index (χ2n) is 6.89. The molecule has 176 valence electrons. The lowest BCUT2D eigenvalue weighted by Crippen LogP contribution is -2.22. The summed E-state index contributed by atoms with van der Waals surface area (Å²) in [4.78, 5) is 2.31. The van der Waals surface area contributed by atoms with Crippen LogP contribution in [0.15, 0.2) is 76.7 Å². The summed E-state index contributed by atoms with van der Waals surface area (Å²) in [5.41, 5.74) is -2.41. The van der Waals surface area contributed by atoms with Gasteiger partial charge in [0.1, 0.15) is 11.9 Å². The first-order valence-corrected chi connectivity index (χ1v) is 10.7.